The Morgan fingerprint density at radius 3 is 0.800 bits per heavy atom. The average molecular weight is 252 g/mol. The Morgan fingerprint density at radius 1 is 0.800 bits per heavy atom. The van der Waals surface area contributed by atoms with Crippen molar-refractivity contribution in [2.75, 3.05) is 28.2 Å². The number of rotatable bonds is 0. The summed E-state index contributed by atoms with van der Waals surface area (Å²) in [7, 11) is 8.50. The van der Waals surface area contributed by atoms with Crippen molar-refractivity contribution < 1.29 is 43.3 Å². The summed E-state index contributed by atoms with van der Waals surface area (Å²) in [5.74, 6) is 0. The van der Waals surface area contributed by atoms with Crippen LogP contribution in [0.3, 0.4) is 0 Å². The minimum absolute atomic E-state index is 0. The fourth-order valence-corrected chi connectivity index (χ4v) is 0. The van der Waals surface area contributed by atoms with Crippen LogP contribution in [-0.4, -0.2) is 49.1 Å². The number of nitrogens with zero attached hydrogens (tertiary/aromatic N) is 1. The van der Waals surface area contributed by atoms with Crippen molar-refractivity contribution in [1.82, 2.24) is 6.15 Å². The molecule has 0 aromatic carbocycles. The normalized spacial score (nSPS) is 6.00. The van der Waals surface area contributed by atoms with E-state index in [-0.39, 0.29) is 45.0 Å². The van der Waals surface area contributed by atoms with Gasteiger partial charge in [0.05, 0.1) is 28.2 Å². The van der Waals surface area contributed by atoms with Gasteiger partial charge in [0.25, 0.3) is 0 Å². The minimum atomic E-state index is 0. The van der Waals surface area contributed by atoms with Crippen molar-refractivity contribution in [2.24, 2.45) is 0 Å². The fraction of sp³-hybridized carbons (Fsp3) is 1.00. The van der Waals surface area contributed by atoms with E-state index >= 15 is 0 Å². The molecule has 0 fully saturated rings. The molecular weight excluding hydrogens is 232 g/mol. The quantitative estimate of drug-likeness (QED) is 0.461. The molecule has 0 unspecified atom stereocenters. The van der Waals surface area contributed by atoms with Gasteiger partial charge >= 0.3 is 0 Å². The van der Waals surface area contributed by atoms with E-state index in [4.69, 9.17) is 0 Å². The molecule has 0 bridgehead atoms. The molecule has 0 amide bonds. The first-order valence-corrected chi connectivity index (χ1v) is 1.79. The molecule has 6 heteroatoms. The van der Waals surface area contributed by atoms with Crippen molar-refractivity contribution in [3.63, 3.8) is 0 Å². The third-order valence-electron chi connectivity index (χ3n) is 0. The van der Waals surface area contributed by atoms with Gasteiger partial charge in [-0.3, -0.25) is 0 Å². The van der Waals surface area contributed by atoms with Crippen LogP contribution >= 0.6 is 0 Å². The molecule has 0 saturated carbocycles. The predicted molar refractivity (Wildman–Crippen MR) is 37.4 cm³/mol. The maximum absolute atomic E-state index is 2.12. The fourth-order valence-electron chi connectivity index (χ4n) is 0. The van der Waals surface area contributed by atoms with Crippen LogP contribution in [-0.2, 0) is 22.4 Å². The van der Waals surface area contributed by atoms with Gasteiger partial charge in [0.2, 0.25) is 0 Å². The van der Waals surface area contributed by atoms with Crippen LogP contribution < -0.4 is 6.15 Å². The molecule has 1 radical (unpaired) electrons. The first-order chi connectivity index (χ1) is 2.00. The molecule has 75 valence electrons. The molecule has 5 nitrogen and oxygen atoms in total. The number of quaternary nitrogens is 2. The second-order valence-electron chi connectivity index (χ2n) is 2.68. The third-order valence-corrected chi connectivity index (χ3v) is 0. The Bertz CT molecular complexity index is 34.0. The predicted octanol–water partition coefficient (Wildman–Crippen LogP) is -0.482. The molecule has 0 rings (SSSR count). The third kappa shape index (κ3) is 1660. The van der Waals surface area contributed by atoms with Gasteiger partial charge in [0.1, 0.15) is 0 Å². The summed E-state index contributed by atoms with van der Waals surface area (Å²) in [4.78, 5) is 0. The molecule has 0 aliphatic heterocycles. The summed E-state index contributed by atoms with van der Waals surface area (Å²) in [5.41, 5.74) is 0. The summed E-state index contributed by atoms with van der Waals surface area (Å²) in [6.45, 7) is 0. The van der Waals surface area contributed by atoms with Gasteiger partial charge in [0.15, 0.2) is 0 Å². The van der Waals surface area contributed by atoms with Crippen LogP contribution in [0.1, 0.15) is 0 Å². The summed E-state index contributed by atoms with van der Waals surface area (Å²) < 4.78 is 1.00. The van der Waals surface area contributed by atoms with Gasteiger partial charge in [-0.05, 0) is 0 Å². The van der Waals surface area contributed by atoms with Crippen molar-refractivity contribution in [3.05, 3.63) is 0 Å². The van der Waals surface area contributed by atoms with Crippen LogP contribution in [0.25, 0.3) is 0 Å². The molecule has 0 heterocycles. The van der Waals surface area contributed by atoms with E-state index in [0.717, 1.165) is 4.48 Å². The SMILES string of the molecule is C[N+](C)(C)C.O.[Ag].[NH4+].[OH-].[OH-]. The zero-order chi connectivity index (χ0) is 4.50. The van der Waals surface area contributed by atoms with Gasteiger partial charge < -0.3 is 27.1 Å². The van der Waals surface area contributed by atoms with E-state index in [0.29, 0.717) is 0 Å². The molecule has 0 spiro atoms. The number of hydrogen-bond acceptors (Lipinski definition) is 2. The first kappa shape index (κ1) is 46.5. The van der Waals surface area contributed by atoms with E-state index in [1.807, 2.05) is 0 Å². The smallest absolute Gasteiger partial charge is 0.0675 e. The zero-order valence-electron chi connectivity index (χ0n) is 7.14. The Labute approximate surface area is 78.0 Å². The van der Waals surface area contributed by atoms with Gasteiger partial charge in [0, 0.05) is 22.4 Å². The van der Waals surface area contributed by atoms with Gasteiger partial charge in [-0.2, -0.15) is 0 Å². The Kier molecular flexibility index (Phi) is 75.7. The number of hydrogen-bond donors (Lipinski definition) is 1. The van der Waals surface area contributed by atoms with E-state index in [9.17, 15) is 0 Å². The molecule has 0 aromatic heterocycles. The average Bonchev–Trinajstić information content (AvgIpc) is 0.722. The van der Waals surface area contributed by atoms with Crippen molar-refractivity contribution in [2.45, 2.75) is 0 Å². The zero-order valence-corrected chi connectivity index (χ0v) is 8.63. The van der Waals surface area contributed by atoms with E-state index in [2.05, 4.69) is 28.2 Å². The van der Waals surface area contributed by atoms with Crippen LogP contribution in [0, 0.1) is 0 Å². The van der Waals surface area contributed by atoms with Crippen LogP contribution in [0.15, 0.2) is 0 Å². The van der Waals surface area contributed by atoms with Crippen LogP contribution in [0.2, 0.25) is 0 Å². The van der Waals surface area contributed by atoms with Crippen molar-refractivity contribution in [1.29, 1.82) is 0 Å². The maximum atomic E-state index is 2.12. The Hall–Kier alpha value is 0.540. The molecule has 0 atom stereocenters. The molecule has 0 saturated heterocycles. The second kappa shape index (κ2) is 16.3. The van der Waals surface area contributed by atoms with E-state index < -0.39 is 0 Å². The molecular formula is C4H20AgN2O3. The van der Waals surface area contributed by atoms with Crippen molar-refractivity contribution in [3.8, 4) is 0 Å². The largest absolute Gasteiger partial charge is 0.870 e. The van der Waals surface area contributed by atoms with E-state index in [1.165, 1.54) is 0 Å². The van der Waals surface area contributed by atoms with Crippen LogP contribution in [0.4, 0.5) is 0 Å². The minimum Gasteiger partial charge on any atom is -0.870 e. The molecule has 10 heavy (non-hydrogen) atoms. The van der Waals surface area contributed by atoms with Gasteiger partial charge in [-0.25, -0.2) is 0 Å². The summed E-state index contributed by atoms with van der Waals surface area (Å²) in [6.07, 6.45) is 0. The van der Waals surface area contributed by atoms with Gasteiger partial charge in [-0.1, -0.05) is 0 Å². The van der Waals surface area contributed by atoms with Crippen LogP contribution in [0.5, 0.6) is 0 Å². The molecule has 0 aliphatic rings. The molecule has 8 N–H and O–H groups in total. The summed E-state index contributed by atoms with van der Waals surface area (Å²) in [5, 5.41) is 0. The standard InChI is InChI=1S/C4H12N.Ag.H3N.3H2O/c1-5(2,3)4;;;;;/h1-4H3;;1H3;3*1H2/q+1;;;;;/p-1. The summed E-state index contributed by atoms with van der Waals surface area (Å²) in [6, 6.07) is 0. The van der Waals surface area contributed by atoms with E-state index in [1.54, 1.807) is 0 Å². The van der Waals surface area contributed by atoms with Crippen molar-refractivity contribution >= 4 is 0 Å². The monoisotopic (exact) mass is 251 g/mol. The second-order valence-corrected chi connectivity index (χ2v) is 2.68. The molecule has 0 aromatic rings. The first-order valence-electron chi connectivity index (χ1n) is 1.79. The maximum Gasteiger partial charge on any atom is 0.0675 e. The molecule has 0 aliphatic carbocycles. The van der Waals surface area contributed by atoms with Gasteiger partial charge in [-0.15, -0.1) is 0 Å². The topological polar surface area (TPSA) is 128 Å². The Balaban J connectivity index is -0.00000000800. The Morgan fingerprint density at radius 2 is 0.800 bits per heavy atom. The summed E-state index contributed by atoms with van der Waals surface area (Å²) >= 11 is 0.